The molecule has 0 aliphatic carbocycles. The molecule has 12 nitrogen and oxygen atoms in total. The summed E-state index contributed by atoms with van der Waals surface area (Å²) in [5.41, 5.74) is 5.38. The smallest absolute Gasteiger partial charge is 0.323 e. The number of sulfonamides is 1. The second-order valence-corrected chi connectivity index (χ2v) is 14.2. The van der Waals surface area contributed by atoms with Crippen LogP contribution in [0.3, 0.4) is 0 Å². The van der Waals surface area contributed by atoms with E-state index >= 15 is 0 Å². The van der Waals surface area contributed by atoms with Crippen LogP contribution in [0.2, 0.25) is 0 Å². The van der Waals surface area contributed by atoms with Crippen LogP contribution in [0.4, 0.5) is 5.95 Å². The molecule has 0 spiro atoms. The standard InChI is InChI=1S/C38H38N6O6S/c1-23-17-24(2)35(25(3)18-23)51(49,50)43-32(37(47)48)21-39-36(46)29-22-44(16-15-26-9-5-4-6-10-26)33-19-27(13-14-28(33)34(29)45)20-40-38-41-30-11-7-8-12-31(30)42-38/h4-14,17-19,22,32,43H,15-16,20-21H2,1-3H3,(H,39,46)(H,47,48)(H2,40,41,42). The van der Waals surface area contributed by atoms with Gasteiger partial charge in [-0.1, -0.05) is 66.2 Å². The average molecular weight is 707 g/mol. The minimum absolute atomic E-state index is 0.0198. The number of aromatic amines is 1. The van der Waals surface area contributed by atoms with Crippen LogP contribution >= 0.6 is 0 Å². The number of rotatable bonds is 13. The Labute approximate surface area is 294 Å². The summed E-state index contributed by atoms with van der Waals surface area (Å²) in [6, 6.07) is 24.6. The number of amides is 1. The summed E-state index contributed by atoms with van der Waals surface area (Å²) in [6.07, 6.45) is 2.08. The average Bonchev–Trinajstić information content (AvgIpc) is 3.51. The number of hydrogen-bond acceptors (Lipinski definition) is 7. The molecule has 1 unspecified atom stereocenters. The van der Waals surface area contributed by atoms with E-state index in [1.807, 2.05) is 72.2 Å². The van der Waals surface area contributed by atoms with Crippen molar-refractivity contribution < 1.29 is 23.1 Å². The molecule has 0 saturated heterocycles. The molecule has 0 aliphatic rings. The first kappa shape index (κ1) is 35.1. The van der Waals surface area contributed by atoms with Crippen LogP contribution in [-0.4, -0.2) is 52.5 Å². The largest absolute Gasteiger partial charge is 0.480 e. The Hall–Kier alpha value is -5.79. The zero-order valence-electron chi connectivity index (χ0n) is 28.4. The van der Waals surface area contributed by atoms with Crippen LogP contribution in [0.15, 0.2) is 101 Å². The molecule has 0 fully saturated rings. The zero-order chi connectivity index (χ0) is 36.3. The van der Waals surface area contributed by atoms with Gasteiger partial charge in [-0.25, -0.2) is 13.4 Å². The van der Waals surface area contributed by atoms with Crippen molar-refractivity contribution in [1.82, 2.24) is 24.6 Å². The first-order chi connectivity index (χ1) is 24.4. The highest BCUT2D eigenvalue weighted by Crippen LogP contribution is 2.22. The Balaban J connectivity index is 1.26. The van der Waals surface area contributed by atoms with Gasteiger partial charge in [-0.2, -0.15) is 4.72 Å². The van der Waals surface area contributed by atoms with Crippen molar-refractivity contribution >= 4 is 49.8 Å². The number of carbonyl (C=O) groups excluding carboxylic acids is 1. The van der Waals surface area contributed by atoms with Gasteiger partial charge in [-0.05, 0) is 73.7 Å². The van der Waals surface area contributed by atoms with Gasteiger partial charge in [0.2, 0.25) is 21.4 Å². The summed E-state index contributed by atoms with van der Waals surface area (Å²) in [7, 11) is -4.27. The van der Waals surface area contributed by atoms with Crippen molar-refractivity contribution in [3.63, 3.8) is 0 Å². The number of carbonyl (C=O) groups is 2. The molecule has 13 heteroatoms. The Kier molecular flexibility index (Phi) is 10.0. The van der Waals surface area contributed by atoms with Crippen LogP contribution < -0.4 is 20.8 Å². The molecule has 2 heterocycles. The van der Waals surface area contributed by atoms with Gasteiger partial charge in [0, 0.05) is 31.2 Å². The molecule has 0 radical (unpaired) electrons. The number of nitrogens with zero attached hydrogens (tertiary/aromatic N) is 2. The zero-order valence-corrected chi connectivity index (χ0v) is 29.2. The molecule has 0 aliphatic heterocycles. The first-order valence-electron chi connectivity index (χ1n) is 16.4. The maximum atomic E-state index is 13.7. The van der Waals surface area contributed by atoms with Gasteiger partial charge >= 0.3 is 5.97 Å². The second kappa shape index (κ2) is 14.6. The number of aryl methyl sites for hydroxylation is 5. The van der Waals surface area contributed by atoms with E-state index in [0.29, 0.717) is 47.5 Å². The Morgan fingerprint density at radius 1 is 0.922 bits per heavy atom. The molecule has 0 bridgehead atoms. The fourth-order valence-electron chi connectivity index (χ4n) is 6.32. The summed E-state index contributed by atoms with van der Waals surface area (Å²) in [4.78, 5) is 47.2. The molecule has 1 amide bonds. The number of aromatic nitrogens is 3. The van der Waals surface area contributed by atoms with Gasteiger partial charge < -0.3 is 25.3 Å². The van der Waals surface area contributed by atoms with Gasteiger partial charge in [0.25, 0.3) is 5.91 Å². The normalized spacial score (nSPS) is 12.2. The van der Waals surface area contributed by atoms with Gasteiger partial charge in [-0.3, -0.25) is 14.4 Å². The van der Waals surface area contributed by atoms with Crippen molar-refractivity contribution in [1.29, 1.82) is 0 Å². The summed E-state index contributed by atoms with van der Waals surface area (Å²) >= 11 is 0. The minimum Gasteiger partial charge on any atom is -0.480 e. The van der Waals surface area contributed by atoms with E-state index in [0.717, 1.165) is 27.7 Å². The highest BCUT2D eigenvalue weighted by Gasteiger charge is 2.29. The van der Waals surface area contributed by atoms with E-state index in [-0.39, 0.29) is 10.5 Å². The van der Waals surface area contributed by atoms with E-state index in [1.165, 1.54) is 6.20 Å². The Bertz CT molecular complexity index is 2380. The van der Waals surface area contributed by atoms with Crippen molar-refractivity contribution in [2.24, 2.45) is 0 Å². The summed E-state index contributed by atoms with van der Waals surface area (Å²) in [5, 5.41) is 16.0. The summed E-state index contributed by atoms with van der Waals surface area (Å²) < 4.78 is 30.6. The number of benzene rings is 4. The Morgan fingerprint density at radius 3 is 2.33 bits per heavy atom. The molecule has 6 aromatic rings. The van der Waals surface area contributed by atoms with Crippen molar-refractivity contribution in [2.45, 2.75) is 51.2 Å². The third-order valence-corrected chi connectivity index (χ3v) is 10.4. The molecule has 2 aromatic heterocycles. The van der Waals surface area contributed by atoms with Gasteiger partial charge in [-0.15, -0.1) is 0 Å². The van der Waals surface area contributed by atoms with Crippen LogP contribution in [0, 0.1) is 20.8 Å². The predicted molar refractivity (Wildman–Crippen MR) is 197 cm³/mol. The lowest BCUT2D eigenvalue weighted by molar-refractivity contribution is -0.138. The molecular weight excluding hydrogens is 669 g/mol. The first-order valence-corrected chi connectivity index (χ1v) is 17.9. The minimum atomic E-state index is -4.27. The van der Waals surface area contributed by atoms with Crippen molar-refractivity contribution in [3.05, 3.63) is 135 Å². The fourth-order valence-corrected chi connectivity index (χ4v) is 7.96. The summed E-state index contributed by atoms with van der Waals surface area (Å²) in [6.45, 7) is 5.37. The molecule has 4 aromatic carbocycles. The van der Waals surface area contributed by atoms with Gasteiger partial charge in [0.1, 0.15) is 11.6 Å². The number of carboxylic acids is 1. The van der Waals surface area contributed by atoms with Crippen LogP contribution in [0.5, 0.6) is 0 Å². The van der Waals surface area contributed by atoms with E-state index in [4.69, 9.17) is 0 Å². The van der Waals surface area contributed by atoms with Gasteiger partial charge in [0.15, 0.2) is 0 Å². The number of hydrogen-bond donors (Lipinski definition) is 5. The topological polar surface area (TPSA) is 175 Å². The molecular formula is C38H38N6O6S. The number of nitrogens with one attached hydrogen (secondary N) is 4. The number of fused-ring (bicyclic) bond motifs is 2. The molecule has 1 atom stereocenters. The van der Waals surface area contributed by atoms with E-state index in [2.05, 4.69) is 25.3 Å². The molecule has 6 rings (SSSR count). The number of anilines is 1. The van der Waals surface area contributed by atoms with Gasteiger partial charge in [0.05, 0.1) is 21.4 Å². The predicted octanol–water partition coefficient (Wildman–Crippen LogP) is 4.82. The van der Waals surface area contributed by atoms with Crippen LogP contribution in [-0.2, 0) is 34.3 Å². The molecule has 0 saturated carbocycles. The number of imidazole rings is 1. The lowest BCUT2D eigenvalue weighted by atomic mass is 10.1. The maximum absolute atomic E-state index is 13.7. The third-order valence-electron chi connectivity index (χ3n) is 8.66. The lowest BCUT2D eigenvalue weighted by Crippen LogP contribution is -2.49. The maximum Gasteiger partial charge on any atom is 0.323 e. The van der Waals surface area contributed by atoms with Crippen molar-refractivity contribution in [2.75, 3.05) is 11.9 Å². The number of pyridine rings is 1. The third kappa shape index (κ3) is 7.84. The van der Waals surface area contributed by atoms with Crippen molar-refractivity contribution in [3.8, 4) is 0 Å². The van der Waals surface area contributed by atoms with E-state index in [1.54, 1.807) is 38.1 Å². The molecule has 5 N–H and O–H groups in total. The summed E-state index contributed by atoms with van der Waals surface area (Å²) in [5.74, 6) is -1.70. The number of H-pyrrole nitrogens is 1. The van der Waals surface area contributed by atoms with Crippen LogP contribution in [0.25, 0.3) is 21.9 Å². The Morgan fingerprint density at radius 2 is 1.63 bits per heavy atom. The number of aliphatic carboxylic acids is 1. The second-order valence-electron chi connectivity index (χ2n) is 12.6. The fraction of sp³-hybridized carbons (Fsp3) is 0.211. The quantitative estimate of drug-likeness (QED) is 0.114. The lowest BCUT2D eigenvalue weighted by Gasteiger charge is -2.19. The van der Waals surface area contributed by atoms with E-state index < -0.39 is 39.9 Å². The number of carboxylic acid groups (broad SMARTS) is 1. The highest BCUT2D eigenvalue weighted by atomic mass is 32.2. The molecule has 262 valence electrons. The molecule has 51 heavy (non-hydrogen) atoms. The number of para-hydroxylation sites is 2. The van der Waals surface area contributed by atoms with E-state index in [9.17, 15) is 27.9 Å². The SMILES string of the molecule is Cc1cc(C)c(S(=O)(=O)NC(CNC(=O)c2cn(CCc3ccccc3)c3cc(CNc4nc5ccccc5[nH]4)ccc3c2=O)C(=O)O)c(C)c1. The highest BCUT2D eigenvalue weighted by molar-refractivity contribution is 7.89. The van der Waals surface area contributed by atoms with Crippen LogP contribution in [0.1, 0.15) is 38.2 Å². The monoisotopic (exact) mass is 706 g/mol.